The summed E-state index contributed by atoms with van der Waals surface area (Å²) in [5.74, 6) is -0.0835. The number of para-hydroxylation sites is 1. The molecule has 0 heterocycles. The summed E-state index contributed by atoms with van der Waals surface area (Å²) in [5.41, 5.74) is 2.18. The molecule has 0 unspecified atom stereocenters. The van der Waals surface area contributed by atoms with E-state index in [1.165, 1.54) is 0 Å². The molecular formula is C12H18N2O2. The number of likely N-dealkylation sites (N-methyl/N-ethyl adjacent to an activating group) is 1. The molecule has 0 aliphatic heterocycles. The predicted molar refractivity (Wildman–Crippen MR) is 64.5 cm³/mol. The quantitative estimate of drug-likeness (QED) is 0.764. The molecule has 0 aromatic heterocycles. The molecule has 2 N–H and O–H groups in total. The highest BCUT2D eigenvalue weighted by Crippen LogP contribution is 2.16. The van der Waals surface area contributed by atoms with E-state index in [1.807, 2.05) is 43.1 Å². The van der Waals surface area contributed by atoms with Gasteiger partial charge in [-0.2, -0.15) is 0 Å². The Kier molecular flexibility index (Phi) is 4.79. The fourth-order valence-corrected chi connectivity index (χ4v) is 1.54. The summed E-state index contributed by atoms with van der Waals surface area (Å²) in [6, 6.07) is 7.91. The van der Waals surface area contributed by atoms with Gasteiger partial charge in [0.2, 0.25) is 5.91 Å². The third kappa shape index (κ3) is 3.55. The number of carbonyl (C=O) groups excluding carboxylic acids is 1. The number of hydrogen-bond acceptors (Lipinski definition) is 3. The molecule has 1 amide bonds. The molecule has 0 fully saturated rings. The number of aryl methyl sites for hydroxylation is 1. The summed E-state index contributed by atoms with van der Waals surface area (Å²) in [5, 5.41) is 11.2. The van der Waals surface area contributed by atoms with Crippen molar-refractivity contribution in [1.82, 2.24) is 5.32 Å². The lowest BCUT2D eigenvalue weighted by molar-refractivity contribution is -0.119. The average molecular weight is 222 g/mol. The van der Waals surface area contributed by atoms with Crippen LogP contribution in [-0.4, -0.2) is 37.8 Å². The molecule has 88 valence electrons. The van der Waals surface area contributed by atoms with Crippen LogP contribution in [0.3, 0.4) is 0 Å². The van der Waals surface area contributed by atoms with E-state index in [1.54, 1.807) is 0 Å². The maximum Gasteiger partial charge on any atom is 0.239 e. The van der Waals surface area contributed by atoms with Gasteiger partial charge in [0.15, 0.2) is 0 Å². The highest BCUT2D eigenvalue weighted by atomic mass is 16.3. The van der Waals surface area contributed by atoms with Gasteiger partial charge in [0, 0.05) is 19.3 Å². The Bertz CT molecular complexity index is 353. The molecular weight excluding hydrogens is 204 g/mol. The van der Waals surface area contributed by atoms with Crippen LogP contribution >= 0.6 is 0 Å². The molecule has 1 aromatic rings. The zero-order valence-corrected chi connectivity index (χ0v) is 9.73. The van der Waals surface area contributed by atoms with Gasteiger partial charge in [-0.25, -0.2) is 0 Å². The van der Waals surface area contributed by atoms with E-state index in [0.29, 0.717) is 13.1 Å². The number of aliphatic hydroxyl groups excluding tert-OH is 1. The van der Waals surface area contributed by atoms with Crippen molar-refractivity contribution in [2.24, 2.45) is 0 Å². The van der Waals surface area contributed by atoms with Crippen molar-refractivity contribution in [3.63, 3.8) is 0 Å². The number of amides is 1. The Balaban J connectivity index is 2.55. The summed E-state index contributed by atoms with van der Waals surface area (Å²) in [4.78, 5) is 13.3. The van der Waals surface area contributed by atoms with E-state index in [2.05, 4.69) is 5.32 Å². The predicted octanol–water partition coefficient (Wildman–Crippen LogP) is 0.540. The Morgan fingerprint density at radius 1 is 1.44 bits per heavy atom. The van der Waals surface area contributed by atoms with Crippen molar-refractivity contribution in [2.45, 2.75) is 6.92 Å². The number of anilines is 1. The zero-order chi connectivity index (χ0) is 12.0. The number of carbonyl (C=O) groups is 1. The molecule has 0 bridgehead atoms. The van der Waals surface area contributed by atoms with Crippen LogP contribution in [0.25, 0.3) is 0 Å². The summed E-state index contributed by atoms with van der Waals surface area (Å²) in [7, 11) is 1.88. The second-order valence-corrected chi connectivity index (χ2v) is 3.72. The largest absolute Gasteiger partial charge is 0.395 e. The number of nitrogens with one attached hydrogen (secondary N) is 1. The van der Waals surface area contributed by atoms with E-state index < -0.39 is 0 Å². The fraction of sp³-hybridized carbons (Fsp3) is 0.417. The second kappa shape index (κ2) is 6.12. The number of hydrogen-bond donors (Lipinski definition) is 2. The first-order chi connectivity index (χ1) is 7.65. The number of nitrogens with zero attached hydrogens (tertiary/aromatic N) is 1. The second-order valence-electron chi connectivity index (χ2n) is 3.72. The lowest BCUT2D eigenvalue weighted by Gasteiger charge is -2.20. The number of benzene rings is 1. The molecule has 4 nitrogen and oxygen atoms in total. The minimum Gasteiger partial charge on any atom is -0.395 e. The standard InChI is InChI=1S/C12H18N2O2/c1-10-5-3-4-6-11(10)14(2)9-12(16)13-7-8-15/h3-6,15H,7-9H2,1-2H3,(H,13,16). The number of aliphatic hydroxyl groups is 1. The van der Waals surface area contributed by atoms with Crippen LogP contribution in [0.5, 0.6) is 0 Å². The molecule has 4 heteroatoms. The van der Waals surface area contributed by atoms with Gasteiger partial charge in [-0.15, -0.1) is 0 Å². The van der Waals surface area contributed by atoms with Gasteiger partial charge in [0.05, 0.1) is 13.2 Å². The van der Waals surface area contributed by atoms with Crippen molar-refractivity contribution >= 4 is 11.6 Å². The first-order valence-electron chi connectivity index (χ1n) is 5.29. The SMILES string of the molecule is Cc1ccccc1N(C)CC(=O)NCCO. The zero-order valence-electron chi connectivity index (χ0n) is 9.73. The van der Waals surface area contributed by atoms with Gasteiger partial charge in [-0.05, 0) is 18.6 Å². The third-order valence-corrected chi connectivity index (χ3v) is 2.34. The molecule has 0 atom stereocenters. The van der Waals surface area contributed by atoms with Crippen LogP contribution < -0.4 is 10.2 Å². The molecule has 0 aliphatic rings. The van der Waals surface area contributed by atoms with Gasteiger partial charge in [-0.3, -0.25) is 4.79 Å². The normalized spacial score (nSPS) is 9.94. The van der Waals surface area contributed by atoms with Crippen LogP contribution in [0.1, 0.15) is 5.56 Å². The maximum absolute atomic E-state index is 11.4. The summed E-state index contributed by atoms with van der Waals surface area (Å²) >= 11 is 0. The van der Waals surface area contributed by atoms with Gasteiger partial charge in [0.25, 0.3) is 0 Å². The van der Waals surface area contributed by atoms with Crippen LogP contribution in [0.15, 0.2) is 24.3 Å². The summed E-state index contributed by atoms with van der Waals surface area (Å²) < 4.78 is 0. The fourth-order valence-electron chi connectivity index (χ4n) is 1.54. The number of rotatable bonds is 5. The van der Waals surface area contributed by atoms with Crippen molar-refractivity contribution in [3.05, 3.63) is 29.8 Å². The van der Waals surface area contributed by atoms with Crippen molar-refractivity contribution in [2.75, 3.05) is 31.6 Å². The first kappa shape index (κ1) is 12.5. The minimum absolute atomic E-state index is 0.0280. The van der Waals surface area contributed by atoms with E-state index >= 15 is 0 Å². The highest BCUT2D eigenvalue weighted by Gasteiger charge is 2.08. The summed E-state index contributed by atoms with van der Waals surface area (Å²) in [6.07, 6.45) is 0. The van der Waals surface area contributed by atoms with Crippen molar-refractivity contribution in [1.29, 1.82) is 0 Å². The van der Waals surface area contributed by atoms with Crippen molar-refractivity contribution in [3.8, 4) is 0 Å². The van der Waals surface area contributed by atoms with Crippen LogP contribution in [0.4, 0.5) is 5.69 Å². The Hall–Kier alpha value is -1.55. The van der Waals surface area contributed by atoms with Gasteiger partial charge in [-0.1, -0.05) is 18.2 Å². The first-order valence-corrected chi connectivity index (χ1v) is 5.29. The van der Waals surface area contributed by atoms with Gasteiger partial charge < -0.3 is 15.3 Å². The van der Waals surface area contributed by atoms with Gasteiger partial charge in [0.1, 0.15) is 0 Å². The molecule has 0 saturated carbocycles. The molecule has 0 saturated heterocycles. The Morgan fingerprint density at radius 2 is 2.12 bits per heavy atom. The monoisotopic (exact) mass is 222 g/mol. The highest BCUT2D eigenvalue weighted by molar-refractivity contribution is 5.81. The molecule has 16 heavy (non-hydrogen) atoms. The van der Waals surface area contributed by atoms with E-state index in [-0.39, 0.29) is 12.5 Å². The summed E-state index contributed by atoms with van der Waals surface area (Å²) in [6.45, 7) is 2.59. The molecule has 0 spiro atoms. The molecule has 1 rings (SSSR count). The molecule has 0 aliphatic carbocycles. The van der Waals surface area contributed by atoms with Crippen molar-refractivity contribution < 1.29 is 9.90 Å². The van der Waals surface area contributed by atoms with Crippen LogP contribution in [-0.2, 0) is 4.79 Å². The minimum atomic E-state index is -0.0835. The third-order valence-electron chi connectivity index (χ3n) is 2.34. The van der Waals surface area contributed by atoms with E-state index in [4.69, 9.17) is 5.11 Å². The van der Waals surface area contributed by atoms with Gasteiger partial charge >= 0.3 is 0 Å². The average Bonchev–Trinajstić information content (AvgIpc) is 2.26. The topological polar surface area (TPSA) is 52.6 Å². The lowest BCUT2D eigenvalue weighted by Crippen LogP contribution is -2.36. The Labute approximate surface area is 95.9 Å². The van der Waals surface area contributed by atoms with E-state index in [9.17, 15) is 4.79 Å². The van der Waals surface area contributed by atoms with Crippen LogP contribution in [0.2, 0.25) is 0 Å². The van der Waals surface area contributed by atoms with E-state index in [0.717, 1.165) is 11.3 Å². The Morgan fingerprint density at radius 3 is 2.75 bits per heavy atom. The molecule has 0 radical (unpaired) electrons. The molecule has 1 aromatic carbocycles. The van der Waals surface area contributed by atoms with Crippen LogP contribution in [0, 0.1) is 6.92 Å². The lowest BCUT2D eigenvalue weighted by atomic mass is 10.2. The maximum atomic E-state index is 11.4. The smallest absolute Gasteiger partial charge is 0.239 e.